The average molecular weight is 370 g/mol. The van der Waals surface area contributed by atoms with Gasteiger partial charge < -0.3 is 19.4 Å². The maximum Gasteiger partial charge on any atom is 0.326 e. The van der Waals surface area contributed by atoms with Crippen molar-refractivity contribution in [3.05, 3.63) is 0 Å². The maximum absolute atomic E-state index is 10.8. The zero-order chi connectivity index (χ0) is 15.7. The zero-order valence-electron chi connectivity index (χ0n) is 13.6. The van der Waals surface area contributed by atoms with Gasteiger partial charge in [0.1, 0.15) is 0 Å². The maximum atomic E-state index is 10.8. The Morgan fingerprint density at radius 3 is 0.909 bits per heavy atom. The summed E-state index contributed by atoms with van der Waals surface area (Å²) in [5, 5.41) is 1.15. The molecular weight excluding hydrogens is 354 g/mol. The Labute approximate surface area is 212 Å². The van der Waals surface area contributed by atoms with Crippen molar-refractivity contribution in [1.82, 2.24) is 10.5 Å². The van der Waals surface area contributed by atoms with Crippen LogP contribution in [0.15, 0.2) is 0 Å². The predicted molar refractivity (Wildman–Crippen MR) is 72.0 cm³/mol. The van der Waals surface area contributed by atoms with Gasteiger partial charge in [0.25, 0.3) is 0 Å². The fourth-order valence-electron chi connectivity index (χ4n) is 0.957. The first-order valence-electron chi connectivity index (χ1n) is 5.50. The van der Waals surface area contributed by atoms with E-state index in [4.69, 9.17) is 0 Å². The van der Waals surface area contributed by atoms with Gasteiger partial charge in [0.15, 0.2) is 0 Å². The molecule has 0 bridgehead atoms. The van der Waals surface area contributed by atoms with E-state index in [1.54, 1.807) is 0 Å². The molecule has 0 saturated heterocycles. The topological polar surface area (TPSA) is 112 Å². The van der Waals surface area contributed by atoms with Crippen LogP contribution in [0, 0.1) is 0 Å². The van der Waals surface area contributed by atoms with Gasteiger partial charge in [-0.15, -0.1) is 0 Å². The molecule has 0 amide bonds. The van der Waals surface area contributed by atoms with E-state index in [1.165, 1.54) is 0 Å². The second-order valence-electron chi connectivity index (χ2n) is 3.44. The van der Waals surface area contributed by atoms with Gasteiger partial charge in [0.05, 0.1) is 13.1 Å². The van der Waals surface area contributed by atoms with E-state index in [9.17, 15) is 19.2 Å². The van der Waals surface area contributed by atoms with Gasteiger partial charge >= 0.3 is 23.9 Å². The summed E-state index contributed by atoms with van der Waals surface area (Å²) in [7, 11) is 0. The molecule has 0 heterocycles. The van der Waals surface area contributed by atoms with Crippen molar-refractivity contribution in [2.75, 3.05) is 13.1 Å². The molecule has 0 aliphatic heterocycles. The van der Waals surface area contributed by atoms with Crippen LogP contribution >= 0.6 is 0 Å². The first kappa shape index (κ1) is 27.9. The van der Waals surface area contributed by atoms with E-state index in [1.807, 2.05) is 0 Å². The summed E-state index contributed by atoms with van der Waals surface area (Å²) in [6.07, 6.45) is 0. The van der Waals surface area contributed by atoms with Crippen molar-refractivity contribution >= 4 is 127 Å². The SMILES string of the molecule is CC(=O)ON(CCN(OC(C)=O)OC(C)=O)OC(C)=O.[K].[K]. The quantitative estimate of drug-likeness (QED) is 0.398. The van der Waals surface area contributed by atoms with Crippen molar-refractivity contribution in [2.24, 2.45) is 0 Å². The van der Waals surface area contributed by atoms with E-state index in [0.717, 1.165) is 27.7 Å². The van der Waals surface area contributed by atoms with Crippen LogP contribution in [-0.2, 0) is 38.5 Å². The van der Waals surface area contributed by atoms with Gasteiger partial charge in [-0.05, 0) is 0 Å². The van der Waals surface area contributed by atoms with Gasteiger partial charge in [-0.3, -0.25) is 19.2 Å². The minimum absolute atomic E-state index is 0. The van der Waals surface area contributed by atoms with E-state index < -0.39 is 23.9 Å². The van der Waals surface area contributed by atoms with Crippen LogP contribution in [-0.4, -0.2) is 150 Å². The van der Waals surface area contributed by atoms with Crippen LogP contribution in [0.4, 0.5) is 0 Å². The molecule has 0 aromatic rings. The Kier molecular flexibility index (Phi) is 19.8. The summed E-state index contributed by atoms with van der Waals surface area (Å²) in [5.41, 5.74) is 0. The Hall–Kier alpha value is 1.07. The van der Waals surface area contributed by atoms with Crippen LogP contribution < -0.4 is 0 Å². The molecule has 2 radical (unpaired) electrons. The van der Waals surface area contributed by atoms with E-state index in [-0.39, 0.29) is 116 Å². The van der Waals surface area contributed by atoms with E-state index in [0.29, 0.717) is 10.5 Å². The largest absolute Gasteiger partial charge is 0.333 e. The number of hydroxylamine groups is 4. The first-order valence-corrected chi connectivity index (χ1v) is 5.50. The molecule has 0 aromatic heterocycles. The van der Waals surface area contributed by atoms with Crippen molar-refractivity contribution in [3.8, 4) is 0 Å². The average Bonchev–Trinajstić information content (AvgIpc) is 2.22. The minimum Gasteiger partial charge on any atom is -0.333 e. The molecule has 12 heteroatoms. The molecule has 0 N–H and O–H groups in total. The summed E-state index contributed by atoms with van der Waals surface area (Å²) < 4.78 is 0. The van der Waals surface area contributed by atoms with E-state index >= 15 is 0 Å². The fraction of sp³-hybridized carbons (Fsp3) is 0.600. The molecule has 116 valence electrons. The standard InChI is InChI=1S/C10H16N2O8.2K/c1-7(13)17-11(18-8(2)14)5-6-12(19-9(3)15)20-10(4)16;;/h5-6H2,1-4H3;;. The van der Waals surface area contributed by atoms with Crippen molar-refractivity contribution < 1.29 is 38.5 Å². The Bertz CT molecular complexity index is 325. The van der Waals surface area contributed by atoms with E-state index in [2.05, 4.69) is 19.4 Å². The Balaban J connectivity index is -0.00000180. The fourth-order valence-corrected chi connectivity index (χ4v) is 0.957. The van der Waals surface area contributed by atoms with Gasteiger partial charge in [-0.25, -0.2) is 0 Å². The molecule has 0 atom stereocenters. The van der Waals surface area contributed by atoms with Crippen LogP contribution in [0.25, 0.3) is 0 Å². The second-order valence-corrected chi connectivity index (χ2v) is 3.44. The van der Waals surface area contributed by atoms with Crippen molar-refractivity contribution in [2.45, 2.75) is 27.7 Å². The summed E-state index contributed by atoms with van der Waals surface area (Å²) in [6, 6.07) is 0. The third-order valence-electron chi connectivity index (χ3n) is 1.39. The summed E-state index contributed by atoms with van der Waals surface area (Å²) in [5.74, 6) is -2.90. The summed E-state index contributed by atoms with van der Waals surface area (Å²) >= 11 is 0. The number of carbonyl (C=O) groups is 4. The molecule has 0 unspecified atom stereocenters. The molecule has 0 spiro atoms. The van der Waals surface area contributed by atoms with Gasteiger partial charge in [0, 0.05) is 141 Å². The summed E-state index contributed by atoms with van der Waals surface area (Å²) in [6.45, 7) is 3.97. The van der Waals surface area contributed by atoms with Crippen LogP contribution in [0.2, 0.25) is 0 Å². The number of rotatable bonds is 7. The molecule has 0 aromatic carbocycles. The molecular formula is C10H16K2N2O8. The van der Waals surface area contributed by atoms with Crippen molar-refractivity contribution in [1.29, 1.82) is 0 Å². The third kappa shape index (κ3) is 17.4. The van der Waals surface area contributed by atoms with Crippen LogP contribution in [0.1, 0.15) is 27.7 Å². The first-order chi connectivity index (χ1) is 9.20. The van der Waals surface area contributed by atoms with Crippen LogP contribution in [0.3, 0.4) is 0 Å². The predicted octanol–water partition coefficient (Wildman–Crippen LogP) is -1.26. The van der Waals surface area contributed by atoms with Gasteiger partial charge in [-0.1, -0.05) is 0 Å². The summed E-state index contributed by atoms with van der Waals surface area (Å²) in [4.78, 5) is 61.4. The van der Waals surface area contributed by atoms with Crippen LogP contribution in [0.5, 0.6) is 0 Å². The number of hydrogen-bond donors (Lipinski definition) is 0. The Morgan fingerprint density at radius 2 is 0.773 bits per heavy atom. The normalized spacial score (nSPS) is 9.18. The molecule has 0 fully saturated rings. The molecule has 0 aliphatic rings. The molecule has 10 nitrogen and oxygen atoms in total. The number of hydrogen-bond acceptors (Lipinski definition) is 10. The molecule has 0 rings (SSSR count). The third-order valence-corrected chi connectivity index (χ3v) is 1.39. The second kappa shape index (κ2) is 15.6. The molecule has 22 heavy (non-hydrogen) atoms. The van der Waals surface area contributed by atoms with Gasteiger partial charge in [0.2, 0.25) is 0 Å². The Morgan fingerprint density at radius 1 is 0.591 bits per heavy atom. The minimum atomic E-state index is -0.724. The molecule has 0 saturated carbocycles. The smallest absolute Gasteiger partial charge is 0.326 e. The number of carbonyl (C=O) groups excluding carboxylic acids is 4. The number of nitrogens with zero attached hydrogens (tertiary/aromatic N) is 2. The monoisotopic (exact) mass is 370 g/mol. The van der Waals surface area contributed by atoms with Gasteiger partial charge in [-0.2, -0.15) is 0 Å². The molecule has 0 aliphatic carbocycles. The van der Waals surface area contributed by atoms with Crippen molar-refractivity contribution in [3.63, 3.8) is 0 Å². The zero-order valence-corrected chi connectivity index (χ0v) is 19.8.